The predicted molar refractivity (Wildman–Crippen MR) is 89.3 cm³/mol. The zero-order chi connectivity index (χ0) is 15.7. The number of phenolic OH excluding ortho intramolecular Hbond substituents is 1. The predicted octanol–water partition coefficient (Wildman–Crippen LogP) is 2.73. The molecule has 2 aromatic rings. The Morgan fingerprint density at radius 1 is 1.39 bits per heavy atom. The van der Waals surface area contributed by atoms with Crippen molar-refractivity contribution in [2.45, 2.75) is 31.8 Å². The first kappa shape index (κ1) is 13.6. The molecule has 4 aliphatic rings. The van der Waals surface area contributed by atoms with Gasteiger partial charge in [0.25, 0.3) is 0 Å². The van der Waals surface area contributed by atoms with Gasteiger partial charge in [0.05, 0.1) is 6.04 Å². The van der Waals surface area contributed by atoms with Crippen molar-refractivity contribution in [1.82, 2.24) is 9.88 Å². The van der Waals surface area contributed by atoms with Crippen molar-refractivity contribution >= 4 is 10.9 Å². The minimum atomic E-state index is 0.263. The molecular weight excluding hydrogens is 288 g/mol. The van der Waals surface area contributed by atoms with Crippen LogP contribution in [0.1, 0.15) is 30.6 Å². The third kappa shape index (κ3) is 1.68. The summed E-state index contributed by atoms with van der Waals surface area (Å²) in [6, 6.07) is 6.44. The number of piperidine rings is 3. The summed E-state index contributed by atoms with van der Waals surface area (Å²) in [4.78, 5) is 6.21. The quantitative estimate of drug-likeness (QED) is 0.710. The van der Waals surface area contributed by atoms with Crippen molar-refractivity contribution in [3.8, 4) is 5.75 Å². The van der Waals surface area contributed by atoms with Gasteiger partial charge in [-0.25, -0.2) is 0 Å². The van der Waals surface area contributed by atoms with Crippen molar-refractivity contribution in [3.63, 3.8) is 0 Å². The number of nitrogens with one attached hydrogen (secondary N) is 1. The Hall–Kier alpha value is -1.78. The molecule has 1 aromatic heterocycles. The Balaban J connectivity index is 1.68. The minimum Gasteiger partial charge on any atom is -0.508 e. The largest absolute Gasteiger partial charge is 0.508 e. The van der Waals surface area contributed by atoms with Crippen LogP contribution < -0.4 is 0 Å². The van der Waals surface area contributed by atoms with E-state index in [1.54, 1.807) is 6.07 Å². The van der Waals surface area contributed by atoms with E-state index in [0.717, 1.165) is 30.3 Å². The molecule has 3 N–H and O–H groups in total. The number of hydrogen-bond acceptors (Lipinski definition) is 3. The molecule has 0 radical (unpaired) electrons. The summed E-state index contributed by atoms with van der Waals surface area (Å²) in [5, 5.41) is 21.0. The maximum absolute atomic E-state index is 9.99. The molecule has 5 heterocycles. The standard InChI is InChI=1S/C19H22N2O2/c1-2-10-8-21-17-7-14-13-5-11(23)3-4-16(13)20-19(14)18(21)6-12(10)15(17)9-22/h2-5,12,15,17-18,20,22-23H,6-9H2,1H3/b10-2-/t12-,15?,17+,18+/m1/s1. The molecule has 4 aliphatic heterocycles. The molecule has 6 rings (SSSR count). The number of H-pyrrole nitrogens is 1. The molecule has 2 unspecified atom stereocenters. The number of aromatic amines is 1. The van der Waals surface area contributed by atoms with E-state index < -0.39 is 0 Å². The number of aromatic hydroxyl groups is 1. The molecule has 0 spiro atoms. The van der Waals surface area contributed by atoms with Gasteiger partial charge in [0.1, 0.15) is 5.75 Å². The van der Waals surface area contributed by atoms with Crippen LogP contribution in [-0.4, -0.2) is 39.3 Å². The van der Waals surface area contributed by atoms with Gasteiger partial charge in [-0.1, -0.05) is 11.6 Å². The van der Waals surface area contributed by atoms with Gasteiger partial charge in [0.15, 0.2) is 0 Å². The zero-order valence-electron chi connectivity index (χ0n) is 13.3. The summed E-state index contributed by atoms with van der Waals surface area (Å²) in [6.07, 6.45) is 4.31. The Bertz CT molecular complexity index is 822. The molecule has 4 heteroatoms. The maximum Gasteiger partial charge on any atom is 0.116 e. The molecule has 1 aromatic carbocycles. The van der Waals surface area contributed by atoms with Crippen molar-refractivity contribution < 1.29 is 10.2 Å². The lowest BCUT2D eigenvalue weighted by Gasteiger charge is -2.58. The van der Waals surface area contributed by atoms with Crippen LogP contribution in [0.2, 0.25) is 0 Å². The van der Waals surface area contributed by atoms with Crippen LogP contribution in [0.3, 0.4) is 0 Å². The lowest BCUT2D eigenvalue weighted by Crippen LogP contribution is -2.60. The number of fused-ring (bicyclic) bond motifs is 4. The van der Waals surface area contributed by atoms with Gasteiger partial charge in [-0.3, -0.25) is 4.90 Å². The number of nitrogens with zero attached hydrogens (tertiary/aromatic N) is 1. The van der Waals surface area contributed by atoms with Crippen molar-refractivity contribution in [2.75, 3.05) is 13.2 Å². The second-order valence-corrected chi connectivity index (χ2v) is 7.26. The average molecular weight is 310 g/mol. The fourth-order valence-corrected chi connectivity index (χ4v) is 5.35. The molecular formula is C19H22N2O2. The Kier molecular flexibility index (Phi) is 2.74. The van der Waals surface area contributed by atoms with Gasteiger partial charge >= 0.3 is 0 Å². The van der Waals surface area contributed by atoms with Crippen LogP contribution >= 0.6 is 0 Å². The summed E-state index contributed by atoms with van der Waals surface area (Å²) in [5.41, 5.74) is 5.29. The van der Waals surface area contributed by atoms with Gasteiger partial charge in [0.2, 0.25) is 0 Å². The Morgan fingerprint density at radius 3 is 3.04 bits per heavy atom. The van der Waals surface area contributed by atoms with Crippen LogP contribution in [0.25, 0.3) is 10.9 Å². The lowest BCUT2D eigenvalue weighted by molar-refractivity contribution is -0.0503. The molecule has 120 valence electrons. The monoisotopic (exact) mass is 310 g/mol. The van der Waals surface area contributed by atoms with E-state index in [1.165, 1.54) is 16.8 Å². The molecule has 0 aliphatic carbocycles. The van der Waals surface area contributed by atoms with Gasteiger partial charge in [-0.15, -0.1) is 0 Å². The normalized spacial score (nSPS) is 36.6. The summed E-state index contributed by atoms with van der Waals surface area (Å²) in [6.45, 7) is 3.42. The number of phenols is 1. The first-order chi connectivity index (χ1) is 11.2. The van der Waals surface area contributed by atoms with Crippen LogP contribution in [0, 0.1) is 11.8 Å². The van der Waals surface area contributed by atoms with Gasteiger partial charge in [-0.2, -0.15) is 0 Å². The van der Waals surface area contributed by atoms with E-state index in [4.69, 9.17) is 0 Å². The molecule has 5 atom stereocenters. The molecule has 3 fully saturated rings. The highest BCUT2D eigenvalue weighted by Crippen LogP contribution is 2.54. The van der Waals surface area contributed by atoms with Gasteiger partial charge < -0.3 is 15.2 Å². The van der Waals surface area contributed by atoms with E-state index in [2.05, 4.69) is 22.9 Å². The Labute approximate surface area is 135 Å². The minimum absolute atomic E-state index is 0.263. The molecule has 4 bridgehead atoms. The third-order valence-electron chi connectivity index (χ3n) is 6.41. The maximum atomic E-state index is 9.99. The average Bonchev–Trinajstić information content (AvgIpc) is 2.92. The van der Waals surface area contributed by atoms with E-state index in [0.29, 0.717) is 29.7 Å². The molecule has 23 heavy (non-hydrogen) atoms. The molecule has 0 saturated carbocycles. The highest BCUT2D eigenvalue weighted by atomic mass is 16.3. The SMILES string of the molecule is C/C=C1/CN2[C@H]3C[C@H]1C(CO)[C@@H]2Cc1c3[nH]c2ccc(O)cc12. The smallest absolute Gasteiger partial charge is 0.116 e. The van der Waals surface area contributed by atoms with Crippen molar-refractivity contribution in [3.05, 3.63) is 41.1 Å². The molecule has 0 amide bonds. The van der Waals surface area contributed by atoms with Gasteiger partial charge in [0, 0.05) is 41.7 Å². The first-order valence-corrected chi connectivity index (χ1v) is 8.56. The number of aromatic nitrogens is 1. The van der Waals surface area contributed by atoms with Crippen LogP contribution in [-0.2, 0) is 6.42 Å². The van der Waals surface area contributed by atoms with Crippen molar-refractivity contribution in [1.29, 1.82) is 0 Å². The summed E-state index contributed by atoms with van der Waals surface area (Å²) in [7, 11) is 0. The number of aliphatic hydroxyl groups is 1. The Morgan fingerprint density at radius 2 is 2.26 bits per heavy atom. The number of hydrogen-bond donors (Lipinski definition) is 3. The second-order valence-electron chi connectivity index (χ2n) is 7.26. The van der Waals surface area contributed by atoms with E-state index in [-0.39, 0.29) is 6.61 Å². The molecule has 3 saturated heterocycles. The summed E-state index contributed by atoms with van der Waals surface area (Å²) >= 11 is 0. The van der Waals surface area contributed by atoms with E-state index >= 15 is 0 Å². The van der Waals surface area contributed by atoms with Crippen LogP contribution in [0.5, 0.6) is 5.75 Å². The highest BCUT2D eigenvalue weighted by molar-refractivity contribution is 5.86. The van der Waals surface area contributed by atoms with Crippen LogP contribution in [0.15, 0.2) is 29.8 Å². The van der Waals surface area contributed by atoms with E-state index in [9.17, 15) is 10.2 Å². The first-order valence-electron chi connectivity index (χ1n) is 8.56. The van der Waals surface area contributed by atoms with Gasteiger partial charge in [-0.05, 0) is 49.4 Å². The second kappa shape index (κ2) is 4.62. The molecule has 4 nitrogen and oxygen atoms in total. The van der Waals surface area contributed by atoms with Crippen molar-refractivity contribution in [2.24, 2.45) is 11.8 Å². The zero-order valence-corrected chi connectivity index (χ0v) is 13.3. The third-order valence-corrected chi connectivity index (χ3v) is 6.41. The number of aliphatic hydroxyl groups excluding tert-OH is 1. The number of rotatable bonds is 1. The summed E-state index contributed by atoms with van der Waals surface area (Å²) in [5.74, 6) is 1.17. The highest BCUT2D eigenvalue weighted by Gasteiger charge is 2.52. The fourth-order valence-electron chi connectivity index (χ4n) is 5.35. The lowest BCUT2D eigenvalue weighted by atomic mass is 9.64. The van der Waals surface area contributed by atoms with E-state index in [1.807, 2.05) is 12.1 Å². The number of benzene rings is 1. The topological polar surface area (TPSA) is 59.5 Å². The fraction of sp³-hybridized carbons (Fsp3) is 0.474. The number of allylic oxidation sites excluding steroid dienone is 1. The van der Waals surface area contributed by atoms with Crippen LogP contribution in [0.4, 0.5) is 0 Å². The summed E-state index contributed by atoms with van der Waals surface area (Å²) < 4.78 is 0.